The summed E-state index contributed by atoms with van der Waals surface area (Å²) in [6, 6.07) is 14.7. The number of carbonyl (C=O) groups excluding carboxylic acids is 2. The molecule has 1 unspecified atom stereocenters. The van der Waals surface area contributed by atoms with Gasteiger partial charge < -0.3 is 23.7 Å². The Bertz CT molecular complexity index is 1110. The van der Waals surface area contributed by atoms with Crippen LogP contribution in [0.15, 0.2) is 59.0 Å². The van der Waals surface area contributed by atoms with Crippen LogP contribution in [-0.2, 0) is 9.59 Å². The fourth-order valence-electron chi connectivity index (χ4n) is 3.70. The number of ether oxygens (including phenoxy) is 2. The lowest BCUT2D eigenvalue weighted by Gasteiger charge is -2.36. The van der Waals surface area contributed by atoms with E-state index in [1.165, 1.54) is 6.08 Å². The first kappa shape index (κ1) is 19.2. The summed E-state index contributed by atoms with van der Waals surface area (Å²) in [6.07, 6.45) is 2.36. The van der Waals surface area contributed by atoms with E-state index < -0.39 is 6.10 Å². The van der Waals surface area contributed by atoms with Crippen molar-refractivity contribution in [1.82, 2.24) is 14.8 Å². The van der Waals surface area contributed by atoms with Crippen molar-refractivity contribution in [1.29, 1.82) is 0 Å². The first-order chi connectivity index (χ1) is 15.2. The summed E-state index contributed by atoms with van der Waals surface area (Å²) < 4.78 is 17.0. The minimum absolute atomic E-state index is 0.122. The molecule has 3 heterocycles. The van der Waals surface area contributed by atoms with Crippen LogP contribution in [0.5, 0.6) is 11.5 Å². The van der Waals surface area contributed by atoms with E-state index in [0.29, 0.717) is 49.2 Å². The molecule has 1 aromatic heterocycles. The molecule has 0 saturated carbocycles. The zero-order valence-electron chi connectivity index (χ0n) is 16.8. The van der Waals surface area contributed by atoms with Crippen LogP contribution < -0.4 is 9.47 Å². The number of aromatic nitrogens is 1. The molecule has 2 amide bonds. The van der Waals surface area contributed by atoms with Crippen molar-refractivity contribution >= 4 is 29.0 Å². The number of amides is 2. The molecule has 2 aliphatic rings. The number of carbonyl (C=O) groups is 2. The molecule has 8 nitrogen and oxygen atoms in total. The van der Waals surface area contributed by atoms with E-state index in [1.54, 1.807) is 21.9 Å². The normalized spacial score (nSPS) is 18.5. The summed E-state index contributed by atoms with van der Waals surface area (Å²) >= 11 is 0. The maximum Gasteiger partial charge on any atom is 0.267 e. The molecule has 31 heavy (non-hydrogen) atoms. The Kier molecular flexibility index (Phi) is 5.03. The SMILES string of the molecule is O=C(/C=C/c1nc2ccccc2o1)N1CCN(C(=O)C2COc3ccccc3O2)CC1. The van der Waals surface area contributed by atoms with Crippen LogP contribution in [0, 0.1) is 0 Å². The summed E-state index contributed by atoms with van der Waals surface area (Å²) in [4.78, 5) is 33.1. The molecule has 1 atom stereocenters. The van der Waals surface area contributed by atoms with Gasteiger partial charge in [-0.2, -0.15) is 0 Å². The third kappa shape index (κ3) is 3.96. The summed E-state index contributed by atoms with van der Waals surface area (Å²) in [7, 11) is 0. The molecule has 2 aliphatic heterocycles. The van der Waals surface area contributed by atoms with Gasteiger partial charge in [0.2, 0.25) is 17.9 Å². The number of hydrogen-bond acceptors (Lipinski definition) is 6. The molecule has 2 aromatic carbocycles. The van der Waals surface area contributed by atoms with E-state index >= 15 is 0 Å². The van der Waals surface area contributed by atoms with Crippen molar-refractivity contribution in [3.63, 3.8) is 0 Å². The van der Waals surface area contributed by atoms with Crippen LogP contribution in [0.2, 0.25) is 0 Å². The van der Waals surface area contributed by atoms with Crippen LogP contribution in [0.1, 0.15) is 5.89 Å². The molecule has 0 N–H and O–H groups in total. The lowest BCUT2D eigenvalue weighted by molar-refractivity contribution is -0.145. The molecule has 3 aromatic rings. The molecular weight excluding hydrogens is 398 g/mol. The molecular formula is C23H21N3O5. The Hall–Kier alpha value is -3.81. The molecule has 5 rings (SSSR count). The maximum absolute atomic E-state index is 12.8. The molecule has 0 radical (unpaired) electrons. The van der Waals surface area contributed by atoms with Gasteiger partial charge in [-0.1, -0.05) is 24.3 Å². The topological polar surface area (TPSA) is 85.1 Å². The highest BCUT2D eigenvalue weighted by molar-refractivity contribution is 5.92. The molecule has 0 spiro atoms. The van der Waals surface area contributed by atoms with Crippen molar-refractivity contribution in [3.05, 3.63) is 60.5 Å². The Morgan fingerprint density at radius 1 is 0.935 bits per heavy atom. The second-order valence-corrected chi connectivity index (χ2v) is 7.37. The monoisotopic (exact) mass is 419 g/mol. The first-order valence-corrected chi connectivity index (χ1v) is 10.2. The molecule has 0 aliphatic carbocycles. The number of oxazole rings is 1. The highest BCUT2D eigenvalue weighted by atomic mass is 16.6. The maximum atomic E-state index is 12.8. The second kappa shape index (κ2) is 8.14. The predicted octanol–water partition coefficient (Wildman–Crippen LogP) is 2.35. The fourth-order valence-corrected chi connectivity index (χ4v) is 3.70. The minimum atomic E-state index is -0.670. The summed E-state index contributed by atoms with van der Waals surface area (Å²) in [5.74, 6) is 1.35. The molecule has 0 bridgehead atoms. The molecule has 8 heteroatoms. The quantitative estimate of drug-likeness (QED) is 0.606. The van der Waals surface area contributed by atoms with Gasteiger partial charge >= 0.3 is 0 Å². The Morgan fingerprint density at radius 2 is 1.65 bits per heavy atom. The zero-order chi connectivity index (χ0) is 21.2. The van der Waals surface area contributed by atoms with Crippen molar-refractivity contribution in [2.45, 2.75) is 6.10 Å². The number of rotatable bonds is 3. The van der Waals surface area contributed by atoms with Gasteiger partial charge in [-0.25, -0.2) is 4.98 Å². The Labute approximate surface area is 178 Å². The molecule has 1 fully saturated rings. The number of nitrogens with zero attached hydrogens (tertiary/aromatic N) is 3. The van der Waals surface area contributed by atoms with Gasteiger partial charge in [0.05, 0.1) is 0 Å². The van der Waals surface area contributed by atoms with Gasteiger partial charge in [-0.05, 0) is 24.3 Å². The number of piperazine rings is 1. The van der Waals surface area contributed by atoms with Crippen LogP contribution in [0.3, 0.4) is 0 Å². The fraction of sp³-hybridized carbons (Fsp3) is 0.261. The Balaban J connectivity index is 1.15. The van der Waals surface area contributed by atoms with Gasteiger partial charge in [0, 0.05) is 38.3 Å². The van der Waals surface area contributed by atoms with Crippen LogP contribution in [0.4, 0.5) is 0 Å². The average Bonchev–Trinajstić information content (AvgIpc) is 3.25. The largest absolute Gasteiger partial charge is 0.485 e. The van der Waals surface area contributed by atoms with E-state index in [4.69, 9.17) is 13.9 Å². The van der Waals surface area contributed by atoms with Gasteiger partial charge in [0.1, 0.15) is 12.1 Å². The van der Waals surface area contributed by atoms with Gasteiger partial charge in [-0.3, -0.25) is 9.59 Å². The third-order valence-corrected chi connectivity index (χ3v) is 5.37. The number of benzene rings is 2. The first-order valence-electron chi connectivity index (χ1n) is 10.2. The highest BCUT2D eigenvalue weighted by Crippen LogP contribution is 2.31. The third-order valence-electron chi connectivity index (χ3n) is 5.37. The van der Waals surface area contributed by atoms with Crippen molar-refractivity contribution in [3.8, 4) is 11.5 Å². The van der Waals surface area contributed by atoms with Gasteiger partial charge in [-0.15, -0.1) is 0 Å². The minimum Gasteiger partial charge on any atom is -0.485 e. The molecule has 1 saturated heterocycles. The second-order valence-electron chi connectivity index (χ2n) is 7.37. The lowest BCUT2D eigenvalue weighted by atomic mass is 10.2. The van der Waals surface area contributed by atoms with E-state index in [2.05, 4.69) is 4.98 Å². The molecule has 158 valence electrons. The number of para-hydroxylation sites is 4. The summed E-state index contributed by atoms with van der Waals surface area (Å²) in [6.45, 7) is 1.98. The summed E-state index contributed by atoms with van der Waals surface area (Å²) in [5, 5.41) is 0. The van der Waals surface area contributed by atoms with Gasteiger partial charge in [0.25, 0.3) is 5.91 Å². The van der Waals surface area contributed by atoms with Gasteiger partial charge in [0.15, 0.2) is 17.1 Å². The highest BCUT2D eigenvalue weighted by Gasteiger charge is 2.33. The summed E-state index contributed by atoms with van der Waals surface area (Å²) in [5.41, 5.74) is 1.43. The number of hydrogen-bond donors (Lipinski definition) is 0. The predicted molar refractivity (Wildman–Crippen MR) is 113 cm³/mol. The van der Waals surface area contributed by atoms with E-state index in [9.17, 15) is 9.59 Å². The average molecular weight is 419 g/mol. The van der Waals surface area contributed by atoms with Crippen LogP contribution in [0.25, 0.3) is 17.2 Å². The van der Waals surface area contributed by atoms with Crippen molar-refractivity contribution in [2.75, 3.05) is 32.8 Å². The lowest BCUT2D eigenvalue weighted by Crippen LogP contribution is -2.54. The zero-order valence-corrected chi connectivity index (χ0v) is 16.8. The standard InChI is InChI=1S/C23H21N3O5/c27-22(10-9-21-24-16-5-1-2-6-17(16)31-21)25-11-13-26(14-12-25)23(28)20-15-29-18-7-3-4-8-19(18)30-20/h1-10,20H,11-15H2/b10-9+. The van der Waals surface area contributed by atoms with E-state index in [-0.39, 0.29) is 18.4 Å². The van der Waals surface area contributed by atoms with Crippen molar-refractivity contribution in [2.24, 2.45) is 0 Å². The smallest absolute Gasteiger partial charge is 0.267 e. The number of fused-ring (bicyclic) bond motifs is 2. The van der Waals surface area contributed by atoms with E-state index in [1.807, 2.05) is 42.5 Å². The Morgan fingerprint density at radius 3 is 2.45 bits per heavy atom. The van der Waals surface area contributed by atoms with Crippen molar-refractivity contribution < 1.29 is 23.5 Å². The van der Waals surface area contributed by atoms with E-state index in [0.717, 1.165) is 5.52 Å². The van der Waals surface area contributed by atoms with Crippen LogP contribution >= 0.6 is 0 Å². The van der Waals surface area contributed by atoms with Crippen LogP contribution in [-0.4, -0.2) is 65.5 Å².